The van der Waals surface area contributed by atoms with E-state index in [0.717, 1.165) is 4.68 Å². The van der Waals surface area contributed by atoms with Crippen LogP contribution in [0.15, 0.2) is 24.3 Å². The molecule has 0 bridgehead atoms. The molecular weight excluding hydrogens is 332 g/mol. The van der Waals surface area contributed by atoms with E-state index >= 15 is 0 Å². The molecule has 0 spiro atoms. The predicted octanol–water partition coefficient (Wildman–Crippen LogP) is 3.32. The summed E-state index contributed by atoms with van der Waals surface area (Å²) in [5.74, 6) is -1.03. The molecule has 0 saturated carbocycles. The summed E-state index contributed by atoms with van der Waals surface area (Å²) in [7, 11) is 0. The van der Waals surface area contributed by atoms with E-state index in [2.05, 4.69) is 10.0 Å². The summed E-state index contributed by atoms with van der Waals surface area (Å²) in [4.78, 5) is 14.1. The Morgan fingerprint density at radius 2 is 2.00 bits per heavy atom. The third-order valence-electron chi connectivity index (χ3n) is 3.67. The Hall–Kier alpha value is -2.58. The third-order valence-corrected chi connectivity index (χ3v) is 3.67. The van der Waals surface area contributed by atoms with E-state index in [1.807, 2.05) is 0 Å². The van der Waals surface area contributed by atoms with Gasteiger partial charge < -0.3 is 4.74 Å². The highest BCUT2D eigenvalue weighted by atomic mass is 19.4. The number of aromatic nitrogens is 2. The van der Waals surface area contributed by atoms with Gasteiger partial charge in [-0.25, -0.2) is 14.4 Å². The molecule has 2 aromatic rings. The van der Waals surface area contributed by atoms with E-state index in [4.69, 9.17) is 4.74 Å². The molecule has 5 nitrogen and oxygen atoms in total. The van der Waals surface area contributed by atoms with Crippen molar-refractivity contribution in [2.45, 2.75) is 25.6 Å². The minimum atomic E-state index is -4.55. The van der Waals surface area contributed by atoms with Gasteiger partial charge in [0.15, 0.2) is 5.69 Å². The minimum Gasteiger partial charge on any atom is -0.478 e. The van der Waals surface area contributed by atoms with Crippen molar-refractivity contribution in [3.63, 3.8) is 0 Å². The van der Waals surface area contributed by atoms with Gasteiger partial charge in [-0.15, -0.1) is 0 Å². The third kappa shape index (κ3) is 3.06. The van der Waals surface area contributed by atoms with Gasteiger partial charge in [0, 0.05) is 10.1 Å². The minimum absolute atomic E-state index is 0.00373. The zero-order valence-electron chi connectivity index (χ0n) is 12.3. The Labute approximate surface area is 133 Å². The van der Waals surface area contributed by atoms with Gasteiger partial charge >= 0.3 is 12.1 Å². The van der Waals surface area contributed by atoms with Crippen molar-refractivity contribution in [3.8, 4) is 5.88 Å². The van der Waals surface area contributed by atoms with Crippen molar-refractivity contribution >= 4 is 5.97 Å². The molecule has 0 radical (unpaired) electrons. The molecular formula is C15H12F4N2O3. The van der Waals surface area contributed by atoms with Gasteiger partial charge in [0.2, 0.25) is 5.88 Å². The second kappa shape index (κ2) is 6.14. The largest absolute Gasteiger partial charge is 0.478 e. The maximum absolute atomic E-state index is 13.1. The summed E-state index contributed by atoms with van der Waals surface area (Å²) in [5.41, 5.74) is -0.296. The second-order valence-electron chi connectivity index (χ2n) is 5.30. The molecule has 0 N–H and O–H groups in total. The van der Waals surface area contributed by atoms with Crippen LogP contribution in [-0.2, 0) is 24.1 Å². The first kappa shape index (κ1) is 16.3. The Morgan fingerprint density at radius 1 is 1.29 bits per heavy atom. The van der Waals surface area contributed by atoms with E-state index < -0.39 is 17.8 Å². The first-order chi connectivity index (χ1) is 11.4. The Bertz CT molecular complexity index is 753. The molecule has 0 amide bonds. The van der Waals surface area contributed by atoms with Crippen molar-refractivity contribution in [1.82, 2.24) is 9.78 Å². The maximum Gasteiger partial charge on any atom is 0.435 e. The van der Waals surface area contributed by atoms with E-state index in [9.17, 15) is 22.5 Å². The van der Waals surface area contributed by atoms with Crippen LogP contribution in [0.4, 0.5) is 17.7 Å². The molecule has 24 heavy (non-hydrogen) atoms. The predicted molar refractivity (Wildman–Crippen MR) is 73.1 cm³/mol. The van der Waals surface area contributed by atoms with Gasteiger partial charge in [-0.1, -0.05) is 12.1 Å². The number of fused-ring (bicyclic) bond motifs is 1. The zero-order valence-corrected chi connectivity index (χ0v) is 12.3. The van der Waals surface area contributed by atoms with Crippen LogP contribution in [0.2, 0.25) is 0 Å². The molecule has 128 valence electrons. The number of halogens is 4. The van der Waals surface area contributed by atoms with Crippen molar-refractivity contribution in [3.05, 3.63) is 46.6 Å². The van der Waals surface area contributed by atoms with Crippen LogP contribution >= 0.6 is 0 Å². The topological polar surface area (TPSA) is 53.4 Å². The maximum atomic E-state index is 13.1. The molecule has 2 heterocycles. The van der Waals surface area contributed by atoms with Crippen LogP contribution in [0.1, 0.15) is 33.6 Å². The van der Waals surface area contributed by atoms with Crippen LogP contribution in [0.25, 0.3) is 0 Å². The number of carbonyl (C=O) groups is 1. The average molecular weight is 344 g/mol. The summed E-state index contributed by atoms with van der Waals surface area (Å²) in [5, 5.41) is 3.65. The van der Waals surface area contributed by atoms with Gasteiger partial charge in [0.1, 0.15) is 0 Å². The molecule has 9 heteroatoms. The summed E-state index contributed by atoms with van der Waals surface area (Å²) >= 11 is 0. The lowest BCUT2D eigenvalue weighted by atomic mass is 10.1. The molecule has 3 rings (SSSR count). The molecule has 0 unspecified atom stereocenters. The number of nitrogens with zero attached hydrogens (tertiary/aromatic N) is 2. The SMILES string of the molecule is O=C(OF)c1ccc(Cn2nc(C(F)(F)F)c3c2OCCC3)cc1. The quantitative estimate of drug-likeness (QED) is 0.802. The Morgan fingerprint density at radius 3 is 2.62 bits per heavy atom. The van der Waals surface area contributed by atoms with Crippen molar-refractivity contribution in [2.75, 3.05) is 6.61 Å². The number of carbonyl (C=O) groups excluding carboxylic acids is 1. The molecule has 0 fully saturated rings. The number of hydrogen-bond donors (Lipinski definition) is 0. The molecule has 0 atom stereocenters. The number of alkyl halides is 3. The molecule has 1 aliphatic heterocycles. The van der Waals surface area contributed by atoms with E-state index in [0.29, 0.717) is 18.6 Å². The van der Waals surface area contributed by atoms with Crippen molar-refractivity contribution < 1.29 is 32.2 Å². The van der Waals surface area contributed by atoms with Gasteiger partial charge in [-0.05, 0) is 30.5 Å². The Kier molecular flexibility index (Phi) is 4.16. The molecule has 1 aliphatic rings. The summed E-state index contributed by atoms with van der Waals surface area (Å²) in [6.07, 6.45) is -3.79. The molecule has 0 saturated heterocycles. The lowest BCUT2D eigenvalue weighted by Crippen LogP contribution is -2.13. The van der Waals surface area contributed by atoms with Gasteiger partial charge in [-0.3, -0.25) is 0 Å². The molecule has 0 aliphatic carbocycles. The summed E-state index contributed by atoms with van der Waals surface area (Å²) < 4.78 is 57.6. The smallest absolute Gasteiger partial charge is 0.435 e. The second-order valence-corrected chi connectivity index (χ2v) is 5.30. The summed E-state index contributed by atoms with van der Waals surface area (Å²) in [6, 6.07) is 5.60. The van der Waals surface area contributed by atoms with Crippen LogP contribution in [0, 0.1) is 0 Å². The highest BCUT2D eigenvalue weighted by molar-refractivity contribution is 5.88. The van der Waals surface area contributed by atoms with Crippen LogP contribution in [-0.4, -0.2) is 22.4 Å². The van der Waals surface area contributed by atoms with Crippen molar-refractivity contribution in [1.29, 1.82) is 0 Å². The fourth-order valence-electron chi connectivity index (χ4n) is 2.59. The first-order valence-corrected chi connectivity index (χ1v) is 7.11. The van der Waals surface area contributed by atoms with Crippen LogP contribution in [0.3, 0.4) is 0 Å². The fraction of sp³-hybridized carbons (Fsp3) is 0.333. The van der Waals surface area contributed by atoms with Gasteiger partial charge in [0.25, 0.3) is 0 Å². The number of hydrogen-bond acceptors (Lipinski definition) is 4. The lowest BCUT2D eigenvalue weighted by molar-refractivity contribution is -0.142. The number of benzene rings is 1. The monoisotopic (exact) mass is 344 g/mol. The van der Waals surface area contributed by atoms with Gasteiger partial charge in [-0.2, -0.15) is 18.3 Å². The lowest BCUT2D eigenvalue weighted by Gasteiger charge is -2.16. The molecule has 1 aromatic heterocycles. The van der Waals surface area contributed by atoms with Crippen LogP contribution in [0.5, 0.6) is 5.88 Å². The van der Waals surface area contributed by atoms with Crippen molar-refractivity contribution in [2.24, 2.45) is 0 Å². The first-order valence-electron chi connectivity index (χ1n) is 7.11. The number of ether oxygens (including phenoxy) is 1. The zero-order chi connectivity index (χ0) is 17.3. The summed E-state index contributed by atoms with van der Waals surface area (Å²) in [6.45, 7) is 0.362. The van der Waals surface area contributed by atoms with Gasteiger partial charge in [0.05, 0.1) is 18.7 Å². The Balaban J connectivity index is 1.90. The highest BCUT2D eigenvalue weighted by Gasteiger charge is 2.40. The average Bonchev–Trinajstić information content (AvgIpc) is 2.94. The fourth-order valence-corrected chi connectivity index (χ4v) is 2.59. The van der Waals surface area contributed by atoms with E-state index in [1.165, 1.54) is 24.3 Å². The highest BCUT2D eigenvalue weighted by Crippen LogP contribution is 2.38. The molecule has 1 aromatic carbocycles. The van der Waals surface area contributed by atoms with E-state index in [-0.39, 0.29) is 30.0 Å². The van der Waals surface area contributed by atoms with E-state index in [1.54, 1.807) is 0 Å². The van der Waals surface area contributed by atoms with Crippen LogP contribution < -0.4 is 4.74 Å². The number of rotatable bonds is 3. The normalized spacial score (nSPS) is 14.0. The standard InChI is InChI=1S/C15H12F4N2O3/c16-15(17,18)12-11-2-1-7-23-13(11)21(20-12)8-9-3-5-10(6-4-9)14(22)24-19/h3-6H,1-2,7-8H2.